The predicted octanol–water partition coefficient (Wildman–Crippen LogP) is 6.97. The summed E-state index contributed by atoms with van der Waals surface area (Å²) in [5, 5.41) is 0. The Labute approximate surface area is 191 Å². The molecule has 166 valence electrons. The lowest BCUT2D eigenvalue weighted by Gasteiger charge is -2.46. The van der Waals surface area contributed by atoms with E-state index >= 15 is 0 Å². The first-order valence-corrected chi connectivity index (χ1v) is 10.9. The van der Waals surface area contributed by atoms with Gasteiger partial charge in [-0.3, -0.25) is 9.88 Å². The van der Waals surface area contributed by atoms with Crippen molar-refractivity contribution in [3.8, 4) is 0 Å². The van der Waals surface area contributed by atoms with E-state index in [0.717, 1.165) is 22.9 Å². The molecule has 0 saturated carbocycles. The van der Waals surface area contributed by atoms with Crippen LogP contribution < -0.4 is 0 Å². The standard InChI is InChI=1S/C28H23F3N2/c1-20-25-17-24(28(29,30)31)18-32-26(25)19-33(20)27(21-11-5-2-6-12-21,22-13-7-3-8-14-22)23-15-9-4-10-16-23/h2-18,20H,19H2,1H3. The number of aromatic nitrogens is 1. The second kappa shape index (κ2) is 8.16. The summed E-state index contributed by atoms with van der Waals surface area (Å²) in [7, 11) is 0. The average molecular weight is 445 g/mol. The Morgan fingerprint density at radius 1 is 0.727 bits per heavy atom. The summed E-state index contributed by atoms with van der Waals surface area (Å²) in [5.41, 5.74) is 3.05. The number of pyridine rings is 1. The Hall–Kier alpha value is -3.44. The molecule has 33 heavy (non-hydrogen) atoms. The highest BCUT2D eigenvalue weighted by Crippen LogP contribution is 2.50. The van der Waals surface area contributed by atoms with Crippen molar-refractivity contribution in [3.05, 3.63) is 137 Å². The fourth-order valence-corrected chi connectivity index (χ4v) is 5.07. The molecule has 1 aliphatic heterocycles. The van der Waals surface area contributed by atoms with Gasteiger partial charge in [0.15, 0.2) is 0 Å². The Morgan fingerprint density at radius 2 is 1.18 bits per heavy atom. The van der Waals surface area contributed by atoms with Gasteiger partial charge in [-0.05, 0) is 35.2 Å². The summed E-state index contributed by atoms with van der Waals surface area (Å²) in [6.45, 7) is 2.41. The zero-order valence-corrected chi connectivity index (χ0v) is 18.1. The van der Waals surface area contributed by atoms with Crippen LogP contribution in [-0.2, 0) is 18.3 Å². The van der Waals surface area contributed by atoms with Gasteiger partial charge in [0.05, 0.1) is 16.8 Å². The number of benzene rings is 3. The molecule has 2 nitrogen and oxygen atoms in total. The zero-order valence-electron chi connectivity index (χ0n) is 18.1. The zero-order chi connectivity index (χ0) is 23.1. The van der Waals surface area contributed by atoms with Crippen LogP contribution in [0.4, 0.5) is 13.2 Å². The second-order valence-electron chi connectivity index (χ2n) is 8.37. The number of rotatable bonds is 4. The van der Waals surface area contributed by atoms with Gasteiger partial charge in [-0.1, -0.05) is 91.0 Å². The van der Waals surface area contributed by atoms with Crippen molar-refractivity contribution in [2.24, 2.45) is 0 Å². The third-order valence-corrected chi connectivity index (χ3v) is 6.57. The highest BCUT2D eigenvalue weighted by Gasteiger charge is 2.48. The molecule has 0 radical (unpaired) electrons. The molecule has 3 aromatic carbocycles. The molecule has 0 N–H and O–H groups in total. The summed E-state index contributed by atoms with van der Waals surface area (Å²) in [6.07, 6.45) is -3.48. The van der Waals surface area contributed by atoms with Crippen molar-refractivity contribution in [3.63, 3.8) is 0 Å². The fourth-order valence-electron chi connectivity index (χ4n) is 5.07. The van der Waals surface area contributed by atoms with Crippen LogP contribution in [0.25, 0.3) is 0 Å². The van der Waals surface area contributed by atoms with Crippen molar-refractivity contribution in [1.29, 1.82) is 0 Å². The summed E-state index contributed by atoms with van der Waals surface area (Å²) >= 11 is 0. The minimum atomic E-state index is -4.43. The molecule has 1 aromatic heterocycles. The van der Waals surface area contributed by atoms with Crippen LogP contribution in [0, 0.1) is 0 Å². The lowest BCUT2D eigenvalue weighted by molar-refractivity contribution is -0.137. The topological polar surface area (TPSA) is 16.1 Å². The number of hydrogen-bond acceptors (Lipinski definition) is 2. The van der Waals surface area contributed by atoms with Crippen LogP contribution in [-0.4, -0.2) is 9.88 Å². The SMILES string of the molecule is CC1c2cc(C(F)(F)F)cnc2CN1C(c1ccccc1)(c1ccccc1)c1ccccc1. The smallest absolute Gasteiger partial charge is 0.273 e. The van der Waals surface area contributed by atoms with Crippen LogP contribution in [0.3, 0.4) is 0 Å². The van der Waals surface area contributed by atoms with E-state index in [9.17, 15) is 13.2 Å². The van der Waals surface area contributed by atoms with E-state index in [0.29, 0.717) is 17.8 Å². The second-order valence-corrected chi connectivity index (χ2v) is 8.37. The minimum absolute atomic E-state index is 0.282. The van der Waals surface area contributed by atoms with Crippen LogP contribution >= 0.6 is 0 Å². The normalized spacial score (nSPS) is 16.5. The Kier molecular flexibility index (Phi) is 5.29. The van der Waals surface area contributed by atoms with Crippen LogP contribution in [0.15, 0.2) is 103 Å². The molecule has 0 spiro atoms. The van der Waals surface area contributed by atoms with Crippen LogP contribution in [0.1, 0.15) is 46.5 Å². The first-order chi connectivity index (χ1) is 15.9. The summed E-state index contributed by atoms with van der Waals surface area (Å²) in [4.78, 5) is 6.53. The molecular formula is C28H23F3N2. The molecule has 1 aliphatic rings. The maximum Gasteiger partial charge on any atom is 0.417 e. The molecule has 4 aromatic rings. The molecule has 0 amide bonds. The summed E-state index contributed by atoms with van der Waals surface area (Å²) in [6, 6.07) is 31.5. The van der Waals surface area contributed by atoms with Gasteiger partial charge in [-0.15, -0.1) is 0 Å². The Balaban J connectivity index is 1.77. The molecule has 5 rings (SSSR count). The van der Waals surface area contributed by atoms with Gasteiger partial charge in [0.1, 0.15) is 0 Å². The summed E-state index contributed by atoms with van der Waals surface area (Å²) < 4.78 is 40.4. The lowest BCUT2D eigenvalue weighted by Crippen LogP contribution is -2.46. The summed E-state index contributed by atoms with van der Waals surface area (Å²) in [5.74, 6) is 0. The fraction of sp³-hybridized carbons (Fsp3) is 0.179. The van der Waals surface area contributed by atoms with Crippen LogP contribution in [0.5, 0.6) is 0 Å². The van der Waals surface area contributed by atoms with Gasteiger partial charge in [0.25, 0.3) is 0 Å². The molecule has 0 saturated heterocycles. The molecule has 0 bridgehead atoms. The molecule has 0 aliphatic carbocycles. The third kappa shape index (κ3) is 3.53. The van der Waals surface area contributed by atoms with Gasteiger partial charge in [0.2, 0.25) is 0 Å². The first-order valence-electron chi connectivity index (χ1n) is 10.9. The number of alkyl halides is 3. The van der Waals surface area contributed by atoms with Gasteiger partial charge >= 0.3 is 6.18 Å². The quantitative estimate of drug-likeness (QED) is 0.316. The van der Waals surface area contributed by atoms with Crippen molar-refractivity contribution >= 4 is 0 Å². The van der Waals surface area contributed by atoms with E-state index in [1.807, 2.05) is 61.5 Å². The van der Waals surface area contributed by atoms with Crippen molar-refractivity contribution in [2.75, 3.05) is 0 Å². The Morgan fingerprint density at radius 3 is 1.61 bits per heavy atom. The van der Waals surface area contributed by atoms with E-state index in [4.69, 9.17) is 0 Å². The molecular weight excluding hydrogens is 421 g/mol. The number of halogens is 3. The van der Waals surface area contributed by atoms with Crippen LogP contribution in [0.2, 0.25) is 0 Å². The average Bonchev–Trinajstić information content (AvgIpc) is 3.17. The number of nitrogens with zero attached hydrogens (tertiary/aromatic N) is 2. The highest BCUT2D eigenvalue weighted by atomic mass is 19.4. The molecule has 2 heterocycles. The molecule has 5 heteroatoms. The first kappa shape index (κ1) is 21.4. The maximum atomic E-state index is 13.5. The van der Waals surface area contributed by atoms with Gasteiger partial charge in [-0.2, -0.15) is 13.2 Å². The van der Waals surface area contributed by atoms with E-state index in [2.05, 4.69) is 46.3 Å². The predicted molar refractivity (Wildman–Crippen MR) is 122 cm³/mol. The molecule has 0 fully saturated rings. The number of fused-ring (bicyclic) bond motifs is 1. The van der Waals surface area contributed by atoms with E-state index in [1.54, 1.807) is 0 Å². The largest absolute Gasteiger partial charge is 0.417 e. The number of hydrogen-bond donors (Lipinski definition) is 0. The maximum absolute atomic E-state index is 13.5. The molecule has 1 atom stereocenters. The van der Waals surface area contributed by atoms with Crippen molar-refractivity contribution in [2.45, 2.75) is 31.2 Å². The lowest BCUT2D eigenvalue weighted by atomic mass is 9.75. The van der Waals surface area contributed by atoms with Gasteiger partial charge in [-0.25, -0.2) is 0 Å². The van der Waals surface area contributed by atoms with Gasteiger partial charge < -0.3 is 0 Å². The Bertz CT molecular complexity index is 1140. The van der Waals surface area contributed by atoms with Crippen molar-refractivity contribution < 1.29 is 13.2 Å². The minimum Gasteiger partial charge on any atom is -0.273 e. The monoisotopic (exact) mass is 444 g/mol. The van der Waals surface area contributed by atoms with Gasteiger partial charge in [0, 0.05) is 18.8 Å². The van der Waals surface area contributed by atoms with E-state index in [-0.39, 0.29) is 6.04 Å². The molecule has 1 unspecified atom stereocenters. The third-order valence-electron chi connectivity index (χ3n) is 6.57. The highest BCUT2D eigenvalue weighted by molar-refractivity contribution is 5.51. The van der Waals surface area contributed by atoms with E-state index < -0.39 is 17.3 Å². The van der Waals surface area contributed by atoms with E-state index in [1.165, 1.54) is 6.07 Å². The van der Waals surface area contributed by atoms with Crippen molar-refractivity contribution in [1.82, 2.24) is 9.88 Å².